The van der Waals surface area contributed by atoms with E-state index in [1.165, 1.54) is 0 Å². The molecular formula is C23H30N6O4. The number of hydrogen-bond acceptors (Lipinski definition) is 6. The summed E-state index contributed by atoms with van der Waals surface area (Å²) in [5, 5.41) is 7.28. The van der Waals surface area contributed by atoms with Gasteiger partial charge in [0, 0.05) is 31.5 Å². The van der Waals surface area contributed by atoms with E-state index in [1.807, 2.05) is 25.3 Å². The Labute approximate surface area is 192 Å². The monoisotopic (exact) mass is 454 g/mol. The number of rotatable bonds is 8. The molecule has 1 fully saturated rings. The number of nitrogens with zero attached hydrogens (tertiary/aromatic N) is 4. The van der Waals surface area contributed by atoms with Crippen LogP contribution in [-0.2, 0) is 17.8 Å². The van der Waals surface area contributed by atoms with Crippen LogP contribution in [-0.4, -0.2) is 50.5 Å². The van der Waals surface area contributed by atoms with Crippen LogP contribution < -0.4 is 15.8 Å². The van der Waals surface area contributed by atoms with Crippen molar-refractivity contribution in [3.8, 4) is 5.75 Å². The van der Waals surface area contributed by atoms with Crippen LogP contribution in [0.25, 0.3) is 11.0 Å². The van der Waals surface area contributed by atoms with Crippen molar-refractivity contribution in [3.63, 3.8) is 0 Å². The number of carbonyl (C=O) groups excluding carboxylic acids is 2. The van der Waals surface area contributed by atoms with Crippen molar-refractivity contribution in [1.82, 2.24) is 19.3 Å². The number of aromatic nitrogens is 4. The molecule has 3 aromatic rings. The second kappa shape index (κ2) is 9.62. The van der Waals surface area contributed by atoms with E-state index < -0.39 is 5.91 Å². The normalized spacial score (nSPS) is 14.5. The molecule has 1 aliphatic rings. The molecule has 0 unspecified atom stereocenters. The van der Waals surface area contributed by atoms with Gasteiger partial charge in [-0.3, -0.25) is 19.6 Å². The smallest absolute Gasteiger partial charge is 0.276 e. The van der Waals surface area contributed by atoms with Gasteiger partial charge in [-0.2, -0.15) is 5.10 Å². The van der Waals surface area contributed by atoms with Crippen LogP contribution in [0.5, 0.6) is 5.75 Å². The zero-order valence-electron chi connectivity index (χ0n) is 19.3. The zero-order chi connectivity index (χ0) is 23.5. The van der Waals surface area contributed by atoms with Gasteiger partial charge < -0.3 is 19.8 Å². The van der Waals surface area contributed by atoms with E-state index in [-0.39, 0.29) is 12.0 Å². The molecular weight excluding hydrogens is 424 g/mol. The summed E-state index contributed by atoms with van der Waals surface area (Å²) in [5.74, 6) is 0.0553. The number of carbonyl (C=O) groups is 2. The summed E-state index contributed by atoms with van der Waals surface area (Å²) in [6.07, 6.45) is 2.30. The zero-order valence-corrected chi connectivity index (χ0v) is 19.3. The van der Waals surface area contributed by atoms with E-state index in [0.717, 1.165) is 30.5 Å². The number of hydrogen-bond donors (Lipinski definition) is 2. The predicted octanol–water partition coefficient (Wildman–Crippen LogP) is 2.88. The Balaban J connectivity index is 1.77. The van der Waals surface area contributed by atoms with E-state index in [0.29, 0.717) is 54.8 Å². The number of anilines is 1. The van der Waals surface area contributed by atoms with Gasteiger partial charge in [0.1, 0.15) is 23.1 Å². The van der Waals surface area contributed by atoms with Gasteiger partial charge in [-0.1, -0.05) is 6.92 Å². The summed E-state index contributed by atoms with van der Waals surface area (Å²) in [6, 6.07) is 5.04. The van der Waals surface area contributed by atoms with Crippen molar-refractivity contribution in [2.24, 2.45) is 5.73 Å². The standard InChI is InChI=1S/C23H30N6O4/c1-4-8-28-20-17(25-23(28)26-22(31)18-11-14(3)27-29(18)5-2)12-15(21(24)30)13-19(20)33-16-6-9-32-10-7-16/h11-13,16H,4-10H2,1-3H3,(H2,24,30)(H,25,26,31). The number of ether oxygens (including phenoxy) is 2. The third-order valence-corrected chi connectivity index (χ3v) is 5.66. The summed E-state index contributed by atoms with van der Waals surface area (Å²) in [7, 11) is 0. The molecule has 0 bridgehead atoms. The first-order valence-corrected chi connectivity index (χ1v) is 11.4. The minimum absolute atomic E-state index is 0.0324. The summed E-state index contributed by atoms with van der Waals surface area (Å²) in [6.45, 7) is 8.27. The van der Waals surface area contributed by atoms with Crippen molar-refractivity contribution < 1.29 is 19.1 Å². The second-order valence-electron chi connectivity index (χ2n) is 8.16. The Hall–Kier alpha value is -3.40. The maximum Gasteiger partial charge on any atom is 0.276 e. The van der Waals surface area contributed by atoms with Gasteiger partial charge in [-0.15, -0.1) is 0 Å². The topological polar surface area (TPSA) is 126 Å². The second-order valence-corrected chi connectivity index (χ2v) is 8.16. The molecule has 0 atom stereocenters. The number of imidazole rings is 1. The number of nitrogens with two attached hydrogens (primary N) is 1. The quantitative estimate of drug-likeness (QED) is 0.539. The molecule has 1 saturated heterocycles. The highest BCUT2D eigenvalue weighted by atomic mass is 16.5. The van der Waals surface area contributed by atoms with Gasteiger partial charge >= 0.3 is 0 Å². The van der Waals surface area contributed by atoms with Gasteiger partial charge in [-0.05, 0) is 38.5 Å². The Morgan fingerprint density at radius 2 is 2.00 bits per heavy atom. The molecule has 10 heteroatoms. The lowest BCUT2D eigenvalue weighted by molar-refractivity contribution is 0.0260. The number of amides is 2. The van der Waals surface area contributed by atoms with Crippen LogP contribution in [0.3, 0.4) is 0 Å². The van der Waals surface area contributed by atoms with E-state index in [1.54, 1.807) is 22.9 Å². The molecule has 0 aliphatic carbocycles. The third kappa shape index (κ3) is 4.70. The molecule has 4 rings (SSSR count). The van der Waals surface area contributed by atoms with E-state index in [2.05, 4.69) is 15.4 Å². The molecule has 10 nitrogen and oxygen atoms in total. The average Bonchev–Trinajstić information content (AvgIpc) is 3.34. The molecule has 3 N–H and O–H groups in total. The molecule has 2 aromatic heterocycles. The van der Waals surface area contributed by atoms with Crippen molar-refractivity contribution >= 4 is 28.8 Å². The third-order valence-electron chi connectivity index (χ3n) is 5.66. The number of aryl methyl sites for hydroxylation is 3. The largest absolute Gasteiger partial charge is 0.488 e. The summed E-state index contributed by atoms with van der Waals surface area (Å²) in [4.78, 5) is 29.7. The minimum Gasteiger partial charge on any atom is -0.488 e. The van der Waals surface area contributed by atoms with Crippen LogP contribution >= 0.6 is 0 Å². The first-order chi connectivity index (χ1) is 15.9. The highest BCUT2D eigenvalue weighted by Gasteiger charge is 2.23. The van der Waals surface area contributed by atoms with Gasteiger partial charge in [0.2, 0.25) is 11.9 Å². The SMILES string of the molecule is CCCn1c(NC(=O)c2cc(C)nn2CC)nc2cc(C(N)=O)cc(OC3CCOCC3)c21. The average molecular weight is 455 g/mol. The highest BCUT2D eigenvalue weighted by molar-refractivity contribution is 6.04. The molecule has 3 heterocycles. The molecule has 176 valence electrons. The minimum atomic E-state index is -0.563. The van der Waals surface area contributed by atoms with Crippen molar-refractivity contribution in [2.75, 3.05) is 18.5 Å². The maximum atomic E-state index is 13.1. The maximum absolute atomic E-state index is 13.1. The van der Waals surface area contributed by atoms with Crippen LogP contribution in [0.4, 0.5) is 5.95 Å². The van der Waals surface area contributed by atoms with Gasteiger partial charge in [0.15, 0.2) is 0 Å². The number of benzene rings is 1. The van der Waals surface area contributed by atoms with Crippen molar-refractivity contribution in [3.05, 3.63) is 35.2 Å². The van der Waals surface area contributed by atoms with Crippen LogP contribution in [0.15, 0.2) is 18.2 Å². The van der Waals surface area contributed by atoms with Crippen molar-refractivity contribution in [1.29, 1.82) is 0 Å². The Morgan fingerprint density at radius 1 is 1.24 bits per heavy atom. The first kappa shape index (κ1) is 22.8. The van der Waals surface area contributed by atoms with Crippen molar-refractivity contribution in [2.45, 2.75) is 59.2 Å². The lowest BCUT2D eigenvalue weighted by Gasteiger charge is -2.24. The number of fused-ring (bicyclic) bond motifs is 1. The number of primary amides is 1. The predicted molar refractivity (Wildman–Crippen MR) is 124 cm³/mol. The molecule has 1 aliphatic heterocycles. The fourth-order valence-corrected chi connectivity index (χ4v) is 4.11. The summed E-state index contributed by atoms with van der Waals surface area (Å²) in [5.41, 5.74) is 8.37. The molecule has 0 spiro atoms. The Morgan fingerprint density at radius 3 is 2.67 bits per heavy atom. The lowest BCUT2D eigenvalue weighted by atomic mass is 10.1. The lowest BCUT2D eigenvalue weighted by Crippen LogP contribution is -2.26. The number of nitrogens with one attached hydrogen (secondary N) is 1. The Bertz CT molecular complexity index is 1180. The molecule has 1 aromatic carbocycles. The summed E-state index contributed by atoms with van der Waals surface area (Å²) < 4.78 is 15.3. The summed E-state index contributed by atoms with van der Waals surface area (Å²) >= 11 is 0. The molecule has 33 heavy (non-hydrogen) atoms. The fourth-order valence-electron chi connectivity index (χ4n) is 4.11. The fraction of sp³-hybridized carbons (Fsp3) is 0.478. The molecule has 2 amide bonds. The van der Waals surface area contributed by atoms with Crippen LogP contribution in [0.1, 0.15) is 59.7 Å². The van der Waals surface area contributed by atoms with Crippen LogP contribution in [0, 0.1) is 6.92 Å². The van der Waals surface area contributed by atoms with E-state index >= 15 is 0 Å². The van der Waals surface area contributed by atoms with Crippen LogP contribution in [0.2, 0.25) is 0 Å². The Kier molecular flexibility index (Phi) is 6.64. The van der Waals surface area contributed by atoms with E-state index in [4.69, 9.17) is 15.2 Å². The van der Waals surface area contributed by atoms with E-state index in [9.17, 15) is 9.59 Å². The molecule has 0 saturated carbocycles. The molecule has 0 radical (unpaired) electrons. The van der Waals surface area contributed by atoms with Gasteiger partial charge in [-0.25, -0.2) is 4.98 Å². The highest BCUT2D eigenvalue weighted by Crippen LogP contribution is 2.33. The van der Waals surface area contributed by atoms with Gasteiger partial charge in [0.05, 0.1) is 24.4 Å². The first-order valence-electron chi connectivity index (χ1n) is 11.4. The van der Waals surface area contributed by atoms with Gasteiger partial charge in [0.25, 0.3) is 5.91 Å².